The number of hydrogen-bond acceptors (Lipinski definition) is 6. The molecule has 3 aromatic rings. The second kappa shape index (κ2) is 6.58. The molecule has 27 heavy (non-hydrogen) atoms. The Morgan fingerprint density at radius 1 is 1.07 bits per heavy atom. The Labute approximate surface area is 157 Å². The second-order valence-corrected chi connectivity index (χ2v) is 8.75. The highest BCUT2D eigenvalue weighted by molar-refractivity contribution is 7.89. The third-order valence-electron chi connectivity index (χ3n) is 5.07. The van der Waals surface area contributed by atoms with E-state index < -0.39 is 10.0 Å². The highest BCUT2D eigenvalue weighted by atomic mass is 32.2. The summed E-state index contributed by atoms with van der Waals surface area (Å²) in [5, 5.41) is 3.95. The summed E-state index contributed by atoms with van der Waals surface area (Å²) in [6.45, 7) is 4.15. The fourth-order valence-corrected chi connectivity index (χ4v) is 5.02. The zero-order valence-electron chi connectivity index (χ0n) is 15.4. The van der Waals surface area contributed by atoms with Crippen LogP contribution >= 0.6 is 0 Å². The maximum absolute atomic E-state index is 13.1. The molecule has 0 amide bonds. The van der Waals surface area contributed by atoms with Crippen molar-refractivity contribution >= 4 is 10.0 Å². The average Bonchev–Trinajstić information content (AvgIpc) is 3.35. The minimum atomic E-state index is -3.70. The molecule has 9 heteroatoms. The van der Waals surface area contributed by atoms with E-state index in [1.165, 1.54) is 4.31 Å². The van der Waals surface area contributed by atoms with Crippen molar-refractivity contribution in [3.63, 3.8) is 0 Å². The average molecular weight is 387 g/mol. The lowest BCUT2D eigenvalue weighted by atomic mass is 9.89. The maximum atomic E-state index is 13.1. The Kier molecular flexibility index (Phi) is 4.35. The standard InChI is InChI=1S/C18H21N5O3S/c1-12-19-18(26-21-12)16-10-23(9-15(16)14-7-5-4-6-8-14)27(24,25)17-11-22(3)13(2)20-17/h4-8,11,15-16H,9-10H2,1-3H3/t15-,16+/m1/s1. The summed E-state index contributed by atoms with van der Waals surface area (Å²) in [4.78, 5) is 8.56. The fraction of sp³-hybridized carbons (Fsp3) is 0.389. The number of sulfonamides is 1. The molecule has 1 aromatic carbocycles. The van der Waals surface area contributed by atoms with Crippen LogP contribution in [-0.2, 0) is 17.1 Å². The number of imidazole rings is 1. The molecule has 0 N–H and O–H groups in total. The van der Waals surface area contributed by atoms with Gasteiger partial charge in [0.1, 0.15) is 5.82 Å². The molecule has 1 fully saturated rings. The molecule has 8 nitrogen and oxygen atoms in total. The molecule has 2 aromatic heterocycles. The van der Waals surface area contributed by atoms with E-state index in [4.69, 9.17) is 4.52 Å². The Hall–Kier alpha value is -2.52. The minimum absolute atomic E-state index is 0.0642. The summed E-state index contributed by atoms with van der Waals surface area (Å²) in [5.74, 6) is 1.39. The van der Waals surface area contributed by atoms with Crippen molar-refractivity contribution < 1.29 is 12.9 Å². The molecule has 1 aliphatic heterocycles. The third-order valence-corrected chi connectivity index (χ3v) is 6.77. The van der Waals surface area contributed by atoms with E-state index in [1.54, 1.807) is 31.7 Å². The number of hydrogen-bond donors (Lipinski definition) is 0. The van der Waals surface area contributed by atoms with Crippen LogP contribution in [0.5, 0.6) is 0 Å². The van der Waals surface area contributed by atoms with Gasteiger partial charge in [-0.25, -0.2) is 13.4 Å². The van der Waals surface area contributed by atoms with Crippen molar-refractivity contribution in [2.24, 2.45) is 7.05 Å². The second-order valence-electron chi connectivity index (χ2n) is 6.86. The van der Waals surface area contributed by atoms with Crippen molar-refractivity contribution in [1.29, 1.82) is 0 Å². The molecule has 2 atom stereocenters. The topological polar surface area (TPSA) is 94.1 Å². The van der Waals surface area contributed by atoms with Gasteiger partial charge in [0.15, 0.2) is 10.9 Å². The molecule has 3 heterocycles. The molecule has 0 bridgehead atoms. The van der Waals surface area contributed by atoms with E-state index in [-0.39, 0.29) is 23.4 Å². The SMILES string of the molecule is Cc1noc([C@H]2CN(S(=O)(=O)c3cn(C)c(C)n3)C[C@@H]2c2ccccc2)n1. The number of nitrogens with zero attached hydrogens (tertiary/aromatic N) is 5. The lowest BCUT2D eigenvalue weighted by Crippen LogP contribution is -2.29. The van der Waals surface area contributed by atoms with Gasteiger partial charge in [-0.15, -0.1) is 0 Å². The van der Waals surface area contributed by atoms with Gasteiger partial charge in [-0.2, -0.15) is 9.29 Å². The van der Waals surface area contributed by atoms with Gasteiger partial charge in [-0.05, 0) is 19.4 Å². The minimum Gasteiger partial charge on any atom is -0.339 e. The number of rotatable bonds is 4. The molecule has 1 saturated heterocycles. The van der Waals surface area contributed by atoms with E-state index in [9.17, 15) is 8.42 Å². The van der Waals surface area contributed by atoms with Gasteiger partial charge in [-0.1, -0.05) is 35.5 Å². The molecule has 1 aliphatic rings. The van der Waals surface area contributed by atoms with E-state index in [2.05, 4.69) is 15.1 Å². The quantitative estimate of drug-likeness (QED) is 0.680. The highest BCUT2D eigenvalue weighted by Crippen LogP contribution is 2.40. The molecule has 0 unspecified atom stereocenters. The first-order valence-electron chi connectivity index (χ1n) is 8.71. The molecule has 0 saturated carbocycles. The van der Waals surface area contributed by atoms with Crippen molar-refractivity contribution in [2.75, 3.05) is 13.1 Å². The van der Waals surface area contributed by atoms with Gasteiger partial charge < -0.3 is 9.09 Å². The van der Waals surface area contributed by atoms with Crippen LogP contribution in [0.3, 0.4) is 0 Å². The lowest BCUT2D eigenvalue weighted by Gasteiger charge is -2.15. The Morgan fingerprint density at radius 2 is 1.78 bits per heavy atom. The van der Waals surface area contributed by atoms with Crippen molar-refractivity contribution in [1.82, 2.24) is 24.0 Å². The summed E-state index contributed by atoms with van der Waals surface area (Å²) in [5.41, 5.74) is 1.05. The largest absolute Gasteiger partial charge is 0.339 e. The lowest BCUT2D eigenvalue weighted by molar-refractivity contribution is 0.345. The molecule has 0 aliphatic carbocycles. The van der Waals surface area contributed by atoms with Crippen LogP contribution in [0.25, 0.3) is 0 Å². The molecule has 0 radical (unpaired) electrons. The summed E-state index contributed by atoms with van der Waals surface area (Å²) in [7, 11) is -1.92. The van der Waals surface area contributed by atoms with Crippen LogP contribution < -0.4 is 0 Å². The zero-order valence-corrected chi connectivity index (χ0v) is 16.2. The molecule has 4 rings (SSSR count). The Bertz CT molecular complexity index is 1040. The van der Waals surface area contributed by atoms with Crippen LogP contribution in [0.1, 0.15) is 34.9 Å². The molecule has 142 valence electrons. The van der Waals surface area contributed by atoms with Crippen molar-refractivity contribution in [2.45, 2.75) is 30.7 Å². The van der Waals surface area contributed by atoms with Gasteiger partial charge in [0, 0.05) is 32.3 Å². The molecule has 0 spiro atoms. The number of aromatic nitrogens is 4. The van der Waals surface area contributed by atoms with Crippen LogP contribution in [0.4, 0.5) is 0 Å². The summed E-state index contributed by atoms with van der Waals surface area (Å²) in [6.07, 6.45) is 1.55. The Balaban J connectivity index is 1.72. The number of benzene rings is 1. The van der Waals surface area contributed by atoms with E-state index in [0.717, 1.165) is 5.56 Å². The number of aryl methyl sites for hydroxylation is 3. The van der Waals surface area contributed by atoms with E-state index in [0.29, 0.717) is 24.1 Å². The summed E-state index contributed by atoms with van der Waals surface area (Å²) < 4.78 is 34.8. The van der Waals surface area contributed by atoms with E-state index in [1.807, 2.05) is 30.3 Å². The molecular formula is C18H21N5O3S. The van der Waals surface area contributed by atoms with Crippen molar-refractivity contribution in [3.8, 4) is 0 Å². The van der Waals surface area contributed by atoms with Gasteiger partial charge in [-0.3, -0.25) is 0 Å². The monoisotopic (exact) mass is 387 g/mol. The zero-order chi connectivity index (χ0) is 19.2. The highest BCUT2D eigenvalue weighted by Gasteiger charge is 2.44. The molecular weight excluding hydrogens is 366 g/mol. The predicted molar refractivity (Wildman–Crippen MR) is 97.7 cm³/mol. The smallest absolute Gasteiger partial charge is 0.262 e. The van der Waals surface area contributed by atoms with Gasteiger partial charge in [0.05, 0.1) is 5.92 Å². The van der Waals surface area contributed by atoms with Gasteiger partial charge >= 0.3 is 0 Å². The first kappa shape index (κ1) is 17.9. The third kappa shape index (κ3) is 3.17. The fourth-order valence-electron chi connectivity index (χ4n) is 3.50. The maximum Gasteiger partial charge on any atom is 0.262 e. The van der Waals surface area contributed by atoms with Crippen LogP contribution in [0.2, 0.25) is 0 Å². The summed E-state index contributed by atoms with van der Waals surface area (Å²) in [6, 6.07) is 9.84. The van der Waals surface area contributed by atoms with Gasteiger partial charge in [0.25, 0.3) is 10.0 Å². The van der Waals surface area contributed by atoms with Gasteiger partial charge in [0.2, 0.25) is 5.89 Å². The Morgan fingerprint density at radius 3 is 2.37 bits per heavy atom. The van der Waals surface area contributed by atoms with Crippen LogP contribution in [0, 0.1) is 13.8 Å². The van der Waals surface area contributed by atoms with Crippen LogP contribution in [-0.4, -0.2) is 45.5 Å². The summed E-state index contributed by atoms with van der Waals surface area (Å²) >= 11 is 0. The van der Waals surface area contributed by atoms with Crippen LogP contribution in [0.15, 0.2) is 46.1 Å². The first-order valence-corrected chi connectivity index (χ1v) is 10.2. The van der Waals surface area contributed by atoms with E-state index >= 15 is 0 Å². The normalized spacial score (nSPS) is 21.0. The van der Waals surface area contributed by atoms with Crippen molar-refractivity contribution in [3.05, 3.63) is 59.6 Å². The predicted octanol–water partition coefficient (Wildman–Crippen LogP) is 1.99. The first-order chi connectivity index (χ1) is 12.9.